The first kappa shape index (κ1) is 24.6. The Morgan fingerprint density at radius 1 is 0.917 bits per heavy atom. The van der Waals surface area contributed by atoms with E-state index in [-0.39, 0.29) is 29.5 Å². The van der Waals surface area contributed by atoms with Gasteiger partial charge in [-0.15, -0.1) is 0 Å². The zero-order valence-corrected chi connectivity index (χ0v) is 20.7. The van der Waals surface area contributed by atoms with Gasteiger partial charge < -0.3 is 4.90 Å². The smallest absolute Gasteiger partial charge is 0.241 e. The van der Waals surface area contributed by atoms with Crippen LogP contribution < -0.4 is 4.90 Å². The lowest BCUT2D eigenvalue weighted by molar-refractivity contribution is -0.121. The number of hydrogen-bond donors (Lipinski definition) is 0. The normalized spacial score (nSPS) is 21.1. The first-order chi connectivity index (χ1) is 17.5. The fourth-order valence-electron chi connectivity index (χ4n) is 5.62. The Kier molecular flexibility index (Phi) is 7.44. The van der Waals surface area contributed by atoms with E-state index in [0.717, 1.165) is 50.1 Å². The molecule has 0 radical (unpaired) electrons. The van der Waals surface area contributed by atoms with E-state index >= 15 is 0 Å². The average molecular weight is 490 g/mol. The number of anilines is 1. The highest BCUT2D eigenvalue weighted by atomic mass is 19.1. The number of nitrogens with zero attached hydrogens (tertiary/aromatic N) is 3. The van der Waals surface area contributed by atoms with Crippen LogP contribution in [0.15, 0.2) is 72.8 Å². The molecule has 2 unspecified atom stereocenters. The van der Waals surface area contributed by atoms with E-state index in [2.05, 4.69) is 41.0 Å². The van der Waals surface area contributed by atoms with Crippen LogP contribution in [-0.2, 0) is 11.3 Å². The standard InChI is InChI=1S/C30H33F2N3O/c1-22-19-33(20-23-6-3-2-4-7-23)16-17-34(22)21-30(36)35-15-5-8-27(24-9-11-25(31)12-10-24)28-14-13-26(32)18-29(28)35/h2-4,6-7,9-14,18,22,27H,5,8,15-17,19-21H2,1H3. The minimum Gasteiger partial charge on any atom is -0.311 e. The Balaban J connectivity index is 1.30. The second kappa shape index (κ2) is 10.9. The SMILES string of the molecule is CC1CN(Cc2ccccc2)CCN1CC(=O)N1CCCC(c2ccc(F)cc2)c2ccc(F)cc21. The molecule has 2 aliphatic heterocycles. The molecule has 1 amide bonds. The molecule has 1 fully saturated rings. The maximum absolute atomic E-state index is 14.4. The quantitative estimate of drug-likeness (QED) is 0.478. The van der Waals surface area contributed by atoms with Crippen LogP contribution in [0, 0.1) is 11.6 Å². The number of hydrogen-bond acceptors (Lipinski definition) is 3. The average Bonchev–Trinajstić information content (AvgIpc) is 3.06. The summed E-state index contributed by atoms with van der Waals surface area (Å²) >= 11 is 0. The van der Waals surface area contributed by atoms with Crippen LogP contribution in [0.2, 0.25) is 0 Å². The Bertz CT molecular complexity index is 1180. The molecule has 6 heteroatoms. The van der Waals surface area contributed by atoms with Gasteiger partial charge in [0.25, 0.3) is 0 Å². The minimum absolute atomic E-state index is 0.000505. The van der Waals surface area contributed by atoms with Crippen LogP contribution >= 0.6 is 0 Å². The number of carbonyl (C=O) groups excluding carboxylic acids is 1. The van der Waals surface area contributed by atoms with Crippen LogP contribution in [-0.4, -0.2) is 54.5 Å². The number of carbonyl (C=O) groups is 1. The molecule has 2 heterocycles. The van der Waals surface area contributed by atoms with E-state index in [1.54, 1.807) is 23.1 Å². The first-order valence-corrected chi connectivity index (χ1v) is 12.8. The van der Waals surface area contributed by atoms with Gasteiger partial charge in [-0.2, -0.15) is 0 Å². The summed E-state index contributed by atoms with van der Waals surface area (Å²) in [5.41, 5.74) is 3.85. The third-order valence-electron chi connectivity index (χ3n) is 7.54. The van der Waals surface area contributed by atoms with Crippen molar-refractivity contribution in [2.24, 2.45) is 0 Å². The molecule has 188 valence electrons. The molecule has 1 saturated heterocycles. The lowest BCUT2D eigenvalue weighted by Gasteiger charge is -2.40. The van der Waals surface area contributed by atoms with Crippen molar-refractivity contribution in [1.82, 2.24) is 9.80 Å². The van der Waals surface area contributed by atoms with E-state index in [1.807, 2.05) is 6.07 Å². The Labute approximate surface area is 212 Å². The lowest BCUT2D eigenvalue weighted by Crippen LogP contribution is -2.54. The number of piperazine rings is 1. The van der Waals surface area contributed by atoms with Gasteiger partial charge in [0, 0.05) is 44.7 Å². The molecule has 4 nitrogen and oxygen atoms in total. The van der Waals surface area contributed by atoms with E-state index in [1.165, 1.54) is 29.8 Å². The maximum Gasteiger partial charge on any atom is 0.241 e. The molecule has 2 aliphatic rings. The van der Waals surface area contributed by atoms with Gasteiger partial charge >= 0.3 is 0 Å². The summed E-state index contributed by atoms with van der Waals surface area (Å²) in [6.07, 6.45) is 1.62. The summed E-state index contributed by atoms with van der Waals surface area (Å²) < 4.78 is 27.9. The van der Waals surface area contributed by atoms with Gasteiger partial charge in [-0.25, -0.2) is 8.78 Å². The van der Waals surface area contributed by atoms with Crippen molar-refractivity contribution in [2.75, 3.05) is 37.6 Å². The van der Waals surface area contributed by atoms with Crippen LogP contribution in [0.25, 0.3) is 0 Å². The van der Waals surface area contributed by atoms with E-state index in [0.29, 0.717) is 18.8 Å². The molecule has 0 aromatic heterocycles. The van der Waals surface area contributed by atoms with Gasteiger partial charge in [0.05, 0.1) is 12.2 Å². The molecule has 0 N–H and O–H groups in total. The predicted octanol–water partition coefficient (Wildman–Crippen LogP) is 5.43. The fourth-order valence-corrected chi connectivity index (χ4v) is 5.62. The zero-order chi connectivity index (χ0) is 25.1. The maximum atomic E-state index is 14.4. The van der Waals surface area contributed by atoms with Gasteiger partial charge in [0.2, 0.25) is 5.91 Å². The molecule has 36 heavy (non-hydrogen) atoms. The number of halogens is 2. The first-order valence-electron chi connectivity index (χ1n) is 12.8. The topological polar surface area (TPSA) is 26.8 Å². The number of fused-ring (bicyclic) bond motifs is 1. The highest BCUT2D eigenvalue weighted by Gasteiger charge is 2.31. The molecule has 3 aromatic carbocycles. The summed E-state index contributed by atoms with van der Waals surface area (Å²) in [5, 5.41) is 0. The summed E-state index contributed by atoms with van der Waals surface area (Å²) in [5.74, 6) is -0.625. The number of amides is 1. The summed E-state index contributed by atoms with van der Waals surface area (Å²) in [6.45, 7) is 6.58. The molecule has 0 bridgehead atoms. The number of rotatable bonds is 5. The largest absolute Gasteiger partial charge is 0.311 e. The molecule has 0 saturated carbocycles. The molecular weight excluding hydrogens is 456 g/mol. The molecule has 2 atom stereocenters. The number of benzene rings is 3. The van der Waals surface area contributed by atoms with E-state index in [4.69, 9.17) is 0 Å². The molecule has 0 spiro atoms. The van der Waals surface area contributed by atoms with Gasteiger partial charge in [-0.05, 0) is 60.7 Å². The monoisotopic (exact) mass is 489 g/mol. The van der Waals surface area contributed by atoms with Crippen molar-refractivity contribution in [3.05, 3.63) is 101 Å². The van der Waals surface area contributed by atoms with Gasteiger partial charge in [-0.1, -0.05) is 48.5 Å². The van der Waals surface area contributed by atoms with Crippen molar-refractivity contribution in [1.29, 1.82) is 0 Å². The molecule has 0 aliphatic carbocycles. The van der Waals surface area contributed by atoms with Crippen LogP contribution in [0.1, 0.15) is 42.4 Å². The minimum atomic E-state index is -0.353. The Morgan fingerprint density at radius 3 is 2.42 bits per heavy atom. The predicted molar refractivity (Wildman–Crippen MR) is 139 cm³/mol. The Hall–Kier alpha value is -3.09. The second-order valence-electron chi connectivity index (χ2n) is 10.0. The van der Waals surface area contributed by atoms with Crippen molar-refractivity contribution in [3.63, 3.8) is 0 Å². The zero-order valence-electron chi connectivity index (χ0n) is 20.7. The van der Waals surface area contributed by atoms with Crippen molar-refractivity contribution in [3.8, 4) is 0 Å². The van der Waals surface area contributed by atoms with E-state index < -0.39 is 0 Å². The van der Waals surface area contributed by atoms with E-state index in [9.17, 15) is 13.6 Å². The highest BCUT2D eigenvalue weighted by Crippen LogP contribution is 2.39. The summed E-state index contributed by atoms with van der Waals surface area (Å²) in [6, 6.07) is 21.9. The van der Waals surface area contributed by atoms with Gasteiger partial charge in [-0.3, -0.25) is 14.6 Å². The third-order valence-corrected chi connectivity index (χ3v) is 7.54. The summed E-state index contributed by atoms with van der Waals surface area (Å²) in [4.78, 5) is 20.0. The third kappa shape index (κ3) is 5.50. The van der Waals surface area contributed by atoms with Crippen LogP contribution in [0.4, 0.5) is 14.5 Å². The van der Waals surface area contributed by atoms with Gasteiger partial charge in [0.1, 0.15) is 11.6 Å². The van der Waals surface area contributed by atoms with Crippen molar-refractivity contribution < 1.29 is 13.6 Å². The Morgan fingerprint density at radius 2 is 1.67 bits per heavy atom. The second-order valence-corrected chi connectivity index (χ2v) is 10.0. The highest BCUT2D eigenvalue weighted by molar-refractivity contribution is 5.96. The van der Waals surface area contributed by atoms with Crippen LogP contribution in [0.5, 0.6) is 0 Å². The molecule has 3 aromatic rings. The molecular formula is C30H33F2N3O. The van der Waals surface area contributed by atoms with Gasteiger partial charge in [0.15, 0.2) is 0 Å². The lowest BCUT2D eigenvalue weighted by atomic mass is 9.87. The van der Waals surface area contributed by atoms with Crippen molar-refractivity contribution >= 4 is 11.6 Å². The summed E-state index contributed by atoms with van der Waals surface area (Å²) in [7, 11) is 0. The van der Waals surface area contributed by atoms with Crippen LogP contribution in [0.3, 0.4) is 0 Å². The van der Waals surface area contributed by atoms with Crippen molar-refractivity contribution in [2.45, 2.75) is 38.3 Å². The fraction of sp³-hybridized carbons (Fsp3) is 0.367. The molecule has 5 rings (SSSR count).